The molecule has 0 aliphatic rings. The van der Waals surface area contributed by atoms with Crippen molar-refractivity contribution >= 4 is 45.0 Å². The average molecular weight is 416 g/mol. The number of carbonyl (C=O) groups is 1. The first-order valence-electron chi connectivity index (χ1n) is 7.76. The Labute approximate surface area is 162 Å². The Morgan fingerprint density at radius 2 is 1.92 bits per heavy atom. The summed E-state index contributed by atoms with van der Waals surface area (Å²) in [4.78, 5) is 11.8. The molecule has 0 spiro atoms. The molecule has 2 rings (SSSR count). The average Bonchev–Trinajstić information content (AvgIpc) is 2.80. The first-order valence-corrected chi connectivity index (χ1v) is 10.6. The van der Waals surface area contributed by atoms with Crippen LogP contribution in [0.15, 0.2) is 30.3 Å². The maximum absolute atomic E-state index is 11.8. The topological polar surface area (TPSA) is 81.1 Å². The number of carbonyl (C=O) groups excluding carboxylic acids is 1. The molecule has 6 nitrogen and oxygen atoms in total. The van der Waals surface area contributed by atoms with Gasteiger partial charge < -0.3 is 5.32 Å². The van der Waals surface area contributed by atoms with Crippen molar-refractivity contribution in [2.24, 2.45) is 0 Å². The van der Waals surface area contributed by atoms with E-state index in [1.807, 2.05) is 12.1 Å². The molecule has 1 N–H and O–H groups in total. The van der Waals surface area contributed by atoms with Gasteiger partial charge in [0, 0.05) is 29.5 Å². The Kier molecular flexibility index (Phi) is 6.86. The summed E-state index contributed by atoms with van der Waals surface area (Å²) in [6.07, 6.45) is 4.00. The molecule has 0 aliphatic heterocycles. The van der Waals surface area contributed by atoms with Gasteiger partial charge in [-0.05, 0) is 30.7 Å². The SMILES string of the molecule is Cc1nn(Cc2ccc(Cl)cc2)c(Cl)c1/C=C/C(=O)NCCS(C)(=O)=O. The highest BCUT2D eigenvalue weighted by atomic mass is 35.5. The van der Waals surface area contributed by atoms with Crippen LogP contribution in [0.25, 0.3) is 6.08 Å². The Bertz CT molecular complexity index is 919. The Balaban J connectivity index is 2.04. The van der Waals surface area contributed by atoms with E-state index in [9.17, 15) is 13.2 Å². The smallest absolute Gasteiger partial charge is 0.244 e. The van der Waals surface area contributed by atoms with E-state index in [1.165, 1.54) is 6.08 Å². The molecular weight excluding hydrogens is 397 g/mol. The van der Waals surface area contributed by atoms with E-state index in [1.54, 1.807) is 29.8 Å². The molecule has 0 bridgehead atoms. The number of benzene rings is 1. The number of aryl methyl sites for hydroxylation is 1. The fourth-order valence-corrected chi connectivity index (χ4v) is 3.10. The molecule has 1 heterocycles. The minimum Gasteiger partial charge on any atom is -0.352 e. The van der Waals surface area contributed by atoms with Crippen LogP contribution in [-0.4, -0.2) is 42.7 Å². The number of hydrogen-bond donors (Lipinski definition) is 1. The summed E-state index contributed by atoms with van der Waals surface area (Å²) >= 11 is 12.2. The molecule has 1 amide bonds. The van der Waals surface area contributed by atoms with Crippen molar-refractivity contribution in [3.63, 3.8) is 0 Å². The van der Waals surface area contributed by atoms with Gasteiger partial charge in [0.1, 0.15) is 15.0 Å². The summed E-state index contributed by atoms with van der Waals surface area (Å²) in [7, 11) is -3.11. The van der Waals surface area contributed by atoms with Gasteiger partial charge in [0.05, 0.1) is 18.0 Å². The van der Waals surface area contributed by atoms with E-state index in [-0.39, 0.29) is 12.3 Å². The van der Waals surface area contributed by atoms with Crippen LogP contribution in [0.5, 0.6) is 0 Å². The zero-order valence-corrected chi connectivity index (χ0v) is 16.7. The molecule has 1 aromatic heterocycles. The number of hydrogen-bond acceptors (Lipinski definition) is 4. The minimum atomic E-state index is -3.11. The van der Waals surface area contributed by atoms with Crippen LogP contribution in [0.1, 0.15) is 16.8 Å². The monoisotopic (exact) mass is 415 g/mol. The van der Waals surface area contributed by atoms with Gasteiger partial charge >= 0.3 is 0 Å². The number of nitrogens with one attached hydrogen (secondary N) is 1. The molecular formula is C17H19Cl2N3O3S. The first kappa shape index (κ1) is 20.5. The largest absolute Gasteiger partial charge is 0.352 e. The van der Waals surface area contributed by atoms with E-state index in [0.29, 0.717) is 28.0 Å². The Morgan fingerprint density at radius 1 is 1.27 bits per heavy atom. The van der Waals surface area contributed by atoms with Gasteiger partial charge in [0.25, 0.3) is 0 Å². The van der Waals surface area contributed by atoms with E-state index in [4.69, 9.17) is 23.2 Å². The minimum absolute atomic E-state index is 0.0601. The van der Waals surface area contributed by atoms with Crippen LogP contribution in [0.3, 0.4) is 0 Å². The van der Waals surface area contributed by atoms with E-state index in [0.717, 1.165) is 11.8 Å². The predicted molar refractivity (Wildman–Crippen MR) is 104 cm³/mol. The summed E-state index contributed by atoms with van der Waals surface area (Å²) in [6.45, 7) is 2.33. The molecule has 140 valence electrons. The van der Waals surface area contributed by atoms with Crippen LogP contribution in [-0.2, 0) is 21.2 Å². The molecule has 0 radical (unpaired) electrons. The van der Waals surface area contributed by atoms with Crippen molar-refractivity contribution in [3.05, 3.63) is 57.3 Å². The van der Waals surface area contributed by atoms with Crippen LogP contribution in [0.4, 0.5) is 0 Å². The molecule has 0 fully saturated rings. The van der Waals surface area contributed by atoms with Crippen LogP contribution in [0, 0.1) is 6.92 Å². The highest BCUT2D eigenvalue weighted by Crippen LogP contribution is 2.22. The van der Waals surface area contributed by atoms with Crippen LogP contribution < -0.4 is 5.32 Å². The first-order chi connectivity index (χ1) is 12.2. The second kappa shape index (κ2) is 8.70. The van der Waals surface area contributed by atoms with Crippen molar-refractivity contribution in [2.45, 2.75) is 13.5 Å². The Hall–Kier alpha value is -1.83. The summed E-state index contributed by atoms with van der Waals surface area (Å²) in [6, 6.07) is 7.37. The summed E-state index contributed by atoms with van der Waals surface area (Å²) in [5, 5.41) is 7.97. The molecule has 0 unspecified atom stereocenters. The third-order valence-electron chi connectivity index (χ3n) is 3.53. The van der Waals surface area contributed by atoms with Crippen molar-refractivity contribution < 1.29 is 13.2 Å². The number of rotatable bonds is 7. The molecule has 1 aromatic carbocycles. The second-order valence-corrected chi connectivity index (χ2v) is 8.88. The molecule has 26 heavy (non-hydrogen) atoms. The van der Waals surface area contributed by atoms with Crippen LogP contribution >= 0.6 is 23.2 Å². The molecule has 0 atom stereocenters. The number of sulfone groups is 1. The van der Waals surface area contributed by atoms with Gasteiger partial charge in [0.15, 0.2) is 0 Å². The molecule has 2 aromatic rings. The molecule has 0 saturated heterocycles. The summed E-state index contributed by atoms with van der Waals surface area (Å²) in [5.74, 6) is -0.500. The predicted octanol–water partition coefficient (Wildman–Crippen LogP) is 2.72. The molecule has 0 aliphatic carbocycles. The fourth-order valence-electron chi connectivity index (χ4n) is 2.20. The van der Waals surface area contributed by atoms with Crippen molar-refractivity contribution in [2.75, 3.05) is 18.6 Å². The van der Waals surface area contributed by atoms with Gasteiger partial charge in [-0.2, -0.15) is 5.10 Å². The molecule has 9 heteroatoms. The fraction of sp³-hybridized carbons (Fsp3) is 0.294. The lowest BCUT2D eigenvalue weighted by Gasteiger charge is -2.04. The van der Waals surface area contributed by atoms with Gasteiger partial charge in [-0.3, -0.25) is 4.79 Å². The number of amides is 1. The summed E-state index contributed by atoms with van der Waals surface area (Å²) in [5.41, 5.74) is 2.32. The molecule has 0 saturated carbocycles. The third kappa shape index (κ3) is 6.16. The van der Waals surface area contributed by atoms with E-state index < -0.39 is 15.7 Å². The van der Waals surface area contributed by atoms with E-state index in [2.05, 4.69) is 10.4 Å². The van der Waals surface area contributed by atoms with Crippen LogP contribution in [0.2, 0.25) is 10.2 Å². The zero-order valence-electron chi connectivity index (χ0n) is 14.4. The van der Waals surface area contributed by atoms with Crippen molar-refractivity contribution in [1.29, 1.82) is 0 Å². The highest BCUT2D eigenvalue weighted by Gasteiger charge is 2.12. The maximum Gasteiger partial charge on any atom is 0.244 e. The van der Waals surface area contributed by atoms with Crippen molar-refractivity contribution in [1.82, 2.24) is 15.1 Å². The third-order valence-corrected chi connectivity index (χ3v) is 5.12. The van der Waals surface area contributed by atoms with Gasteiger partial charge in [0.2, 0.25) is 5.91 Å². The quantitative estimate of drug-likeness (QED) is 0.704. The number of aromatic nitrogens is 2. The lowest BCUT2D eigenvalue weighted by Crippen LogP contribution is -2.27. The standard InChI is InChI=1S/C17H19Cl2N3O3S/c1-12-15(7-8-16(23)20-9-10-26(2,24)25)17(19)22(21-12)11-13-3-5-14(18)6-4-13/h3-8H,9-11H2,1-2H3,(H,20,23)/b8-7+. The Morgan fingerprint density at radius 3 is 2.54 bits per heavy atom. The van der Waals surface area contributed by atoms with Crippen molar-refractivity contribution in [3.8, 4) is 0 Å². The normalized spacial score (nSPS) is 11.8. The lowest BCUT2D eigenvalue weighted by atomic mass is 10.2. The summed E-state index contributed by atoms with van der Waals surface area (Å²) < 4.78 is 23.7. The van der Waals surface area contributed by atoms with Gasteiger partial charge in [-0.1, -0.05) is 35.3 Å². The van der Waals surface area contributed by atoms with E-state index >= 15 is 0 Å². The number of halogens is 2. The van der Waals surface area contributed by atoms with Gasteiger partial charge in [-0.15, -0.1) is 0 Å². The second-order valence-electron chi connectivity index (χ2n) is 5.83. The zero-order chi connectivity index (χ0) is 19.3. The van der Waals surface area contributed by atoms with Gasteiger partial charge in [-0.25, -0.2) is 13.1 Å². The lowest BCUT2D eigenvalue weighted by molar-refractivity contribution is -0.116. The highest BCUT2D eigenvalue weighted by molar-refractivity contribution is 7.90. The maximum atomic E-state index is 11.8. The number of nitrogens with zero attached hydrogens (tertiary/aromatic N) is 2.